The average molecular weight is 202 g/mol. The van der Waals surface area contributed by atoms with E-state index in [1.807, 2.05) is 0 Å². The summed E-state index contributed by atoms with van der Waals surface area (Å²) in [5.74, 6) is 0. The van der Waals surface area contributed by atoms with Gasteiger partial charge in [0.25, 0.3) is 0 Å². The van der Waals surface area contributed by atoms with Gasteiger partial charge in [-0.1, -0.05) is 0 Å². The van der Waals surface area contributed by atoms with Crippen LogP contribution in [0.1, 0.15) is 20.8 Å². The third kappa shape index (κ3) is 6.17. The van der Waals surface area contributed by atoms with Crippen LogP contribution in [0.4, 0.5) is 0 Å². The van der Waals surface area contributed by atoms with Gasteiger partial charge >= 0.3 is 0 Å². The molecular formula is C12H30N2+2. The highest BCUT2D eigenvalue weighted by Crippen LogP contribution is 2.09. The standard InChI is InChI=1S/C10H26N2.C2H4/c1-7-12(8-2,9-3)10-11(4,5)6;1-2/h7-10H2,1-6H3;1-2H2/q+2;. The molecule has 0 aromatic heterocycles. The monoisotopic (exact) mass is 202 g/mol. The average Bonchev–Trinajstić information content (AvgIpc) is 2.16. The van der Waals surface area contributed by atoms with Gasteiger partial charge in [-0.05, 0) is 20.8 Å². The van der Waals surface area contributed by atoms with Crippen LogP contribution in [-0.4, -0.2) is 56.4 Å². The Hall–Kier alpha value is -0.340. The van der Waals surface area contributed by atoms with E-state index in [1.165, 1.54) is 30.8 Å². The second kappa shape index (κ2) is 7.02. The summed E-state index contributed by atoms with van der Waals surface area (Å²) in [4.78, 5) is 0. The molecule has 0 rings (SSSR count). The zero-order valence-corrected chi connectivity index (χ0v) is 11.1. The number of quaternary nitrogens is 2. The van der Waals surface area contributed by atoms with E-state index in [2.05, 4.69) is 55.1 Å². The molecule has 86 valence electrons. The van der Waals surface area contributed by atoms with E-state index < -0.39 is 0 Å². The smallest absolute Gasteiger partial charge is 0.206 e. The molecule has 0 radical (unpaired) electrons. The van der Waals surface area contributed by atoms with E-state index in [4.69, 9.17) is 0 Å². The van der Waals surface area contributed by atoms with Crippen LogP contribution < -0.4 is 0 Å². The van der Waals surface area contributed by atoms with Gasteiger partial charge < -0.3 is 0 Å². The molecule has 0 N–H and O–H groups in total. The van der Waals surface area contributed by atoms with Crippen molar-refractivity contribution >= 4 is 0 Å². The van der Waals surface area contributed by atoms with Gasteiger partial charge in [0.05, 0.1) is 40.8 Å². The molecule has 0 aromatic carbocycles. The summed E-state index contributed by atoms with van der Waals surface area (Å²) in [7, 11) is 6.82. The van der Waals surface area contributed by atoms with Gasteiger partial charge in [-0.2, -0.15) is 0 Å². The molecule has 0 saturated carbocycles. The molecule has 0 amide bonds. The Morgan fingerprint density at radius 1 is 0.786 bits per heavy atom. The van der Waals surface area contributed by atoms with E-state index >= 15 is 0 Å². The van der Waals surface area contributed by atoms with Gasteiger partial charge in [0.15, 0.2) is 0 Å². The van der Waals surface area contributed by atoms with Gasteiger partial charge in [0.2, 0.25) is 6.67 Å². The van der Waals surface area contributed by atoms with Crippen molar-refractivity contribution in [1.29, 1.82) is 0 Å². The first-order valence-corrected chi connectivity index (χ1v) is 5.54. The molecule has 2 nitrogen and oxygen atoms in total. The summed E-state index contributed by atoms with van der Waals surface area (Å²) in [6.45, 7) is 17.9. The Morgan fingerprint density at radius 2 is 1.07 bits per heavy atom. The van der Waals surface area contributed by atoms with Crippen LogP contribution in [-0.2, 0) is 0 Å². The fraction of sp³-hybridized carbons (Fsp3) is 0.833. The van der Waals surface area contributed by atoms with Gasteiger partial charge in [0, 0.05) is 0 Å². The fourth-order valence-electron chi connectivity index (χ4n) is 1.87. The van der Waals surface area contributed by atoms with E-state index in [-0.39, 0.29) is 0 Å². The van der Waals surface area contributed by atoms with E-state index in [9.17, 15) is 0 Å². The first kappa shape index (κ1) is 16.1. The Balaban J connectivity index is 0. The second-order valence-electron chi connectivity index (χ2n) is 4.72. The van der Waals surface area contributed by atoms with Gasteiger partial charge in [0.1, 0.15) is 0 Å². The lowest BCUT2D eigenvalue weighted by Crippen LogP contribution is -2.58. The number of rotatable bonds is 5. The lowest BCUT2D eigenvalue weighted by Gasteiger charge is -2.40. The van der Waals surface area contributed by atoms with Gasteiger partial charge in [-0.15, -0.1) is 13.2 Å². The zero-order valence-electron chi connectivity index (χ0n) is 11.1. The first-order valence-electron chi connectivity index (χ1n) is 5.54. The Kier molecular flexibility index (Phi) is 8.07. The lowest BCUT2D eigenvalue weighted by molar-refractivity contribution is -1.08. The summed E-state index contributed by atoms with van der Waals surface area (Å²) >= 11 is 0. The summed E-state index contributed by atoms with van der Waals surface area (Å²) in [5.41, 5.74) is 0. The maximum atomic E-state index is 3.00. The fourth-order valence-corrected chi connectivity index (χ4v) is 1.87. The Morgan fingerprint density at radius 3 is 1.14 bits per heavy atom. The van der Waals surface area contributed by atoms with E-state index in [0.717, 1.165) is 4.48 Å². The molecule has 0 saturated heterocycles. The highest BCUT2D eigenvalue weighted by molar-refractivity contribution is 4.30. The second-order valence-corrected chi connectivity index (χ2v) is 4.72. The predicted octanol–water partition coefficient (Wildman–Crippen LogP) is 2.33. The SMILES string of the molecule is C=C.CC[N+](CC)(CC)C[N+](C)(C)C. The highest BCUT2D eigenvalue weighted by Gasteiger charge is 2.27. The molecule has 0 aliphatic rings. The number of nitrogens with zero attached hydrogens (tertiary/aromatic N) is 2. The maximum absolute atomic E-state index is 3.00. The molecule has 0 heterocycles. The van der Waals surface area contributed by atoms with Crippen molar-refractivity contribution in [2.24, 2.45) is 0 Å². The molecule has 0 aliphatic carbocycles. The quantitative estimate of drug-likeness (QED) is 0.365. The largest absolute Gasteiger partial charge is 0.284 e. The van der Waals surface area contributed by atoms with Crippen LogP contribution in [0.25, 0.3) is 0 Å². The van der Waals surface area contributed by atoms with Crippen LogP contribution in [0.5, 0.6) is 0 Å². The third-order valence-corrected chi connectivity index (χ3v) is 2.74. The van der Waals surface area contributed by atoms with Crippen molar-refractivity contribution in [2.45, 2.75) is 20.8 Å². The number of hydrogen-bond acceptors (Lipinski definition) is 0. The minimum atomic E-state index is 1.06. The molecule has 14 heavy (non-hydrogen) atoms. The van der Waals surface area contributed by atoms with E-state index in [1.54, 1.807) is 0 Å². The minimum absolute atomic E-state index is 1.06. The maximum Gasteiger partial charge on any atom is 0.206 e. The molecule has 0 aromatic rings. The zero-order chi connectivity index (χ0) is 11.8. The van der Waals surface area contributed by atoms with Gasteiger partial charge in [-0.25, -0.2) is 0 Å². The molecule has 2 heteroatoms. The lowest BCUT2D eigenvalue weighted by atomic mass is 10.3. The summed E-state index contributed by atoms with van der Waals surface area (Å²) < 4.78 is 2.30. The van der Waals surface area contributed by atoms with Crippen molar-refractivity contribution in [3.8, 4) is 0 Å². The normalized spacial score (nSPS) is 11.9. The van der Waals surface area contributed by atoms with E-state index in [0.29, 0.717) is 0 Å². The molecule has 0 bridgehead atoms. The Labute approximate surface area is 91.0 Å². The van der Waals surface area contributed by atoms with Crippen molar-refractivity contribution < 1.29 is 8.97 Å². The van der Waals surface area contributed by atoms with Crippen molar-refractivity contribution in [2.75, 3.05) is 47.4 Å². The molecule has 0 aliphatic heterocycles. The minimum Gasteiger partial charge on any atom is -0.284 e. The van der Waals surface area contributed by atoms with Crippen LogP contribution in [0.2, 0.25) is 0 Å². The van der Waals surface area contributed by atoms with Gasteiger partial charge in [-0.3, -0.25) is 8.97 Å². The van der Waals surface area contributed by atoms with Crippen molar-refractivity contribution in [1.82, 2.24) is 0 Å². The van der Waals surface area contributed by atoms with Crippen LogP contribution in [0.3, 0.4) is 0 Å². The topological polar surface area (TPSA) is 0 Å². The molecule has 0 spiro atoms. The van der Waals surface area contributed by atoms with Crippen LogP contribution in [0.15, 0.2) is 13.2 Å². The van der Waals surface area contributed by atoms with Crippen LogP contribution >= 0.6 is 0 Å². The Bertz CT molecular complexity index is 123. The third-order valence-electron chi connectivity index (χ3n) is 2.74. The molecular weight excluding hydrogens is 172 g/mol. The van der Waals surface area contributed by atoms with Crippen LogP contribution in [0, 0.1) is 0 Å². The molecule has 0 unspecified atom stereocenters. The molecule has 0 atom stereocenters. The van der Waals surface area contributed by atoms with Crippen molar-refractivity contribution in [3.63, 3.8) is 0 Å². The summed E-state index contributed by atoms with van der Waals surface area (Å²) in [6, 6.07) is 0. The predicted molar refractivity (Wildman–Crippen MR) is 66.0 cm³/mol. The summed E-state index contributed by atoms with van der Waals surface area (Å²) in [5, 5.41) is 0. The highest BCUT2D eigenvalue weighted by atomic mass is 15.5. The molecule has 0 fully saturated rings. The summed E-state index contributed by atoms with van der Waals surface area (Å²) in [6.07, 6.45) is 0. The van der Waals surface area contributed by atoms with Crippen molar-refractivity contribution in [3.05, 3.63) is 13.2 Å². The number of hydrogen-bond donors (Lipinski definition) is 0. The first-order chi connectivity index (χ1) is 6.39.